The number of hydrogen-bond acceptors (Lipinski definition) is 4. The van der Waals surface area contributed by atoms with Gasteiger partial charge in [-0.05, 0) is 56.1 Å². The summed E-state index contributed by atoms with van der Waals surface area (Å²) < 4.78 is 1.94. The summed E-state index contributed by atoms with van der Waals surface area (Å²) in [4.78, 5) is 14.5. The van der Waals surface area contributed by atoms with Crippen molar-refractivity contribution < 1.29 is 5.11 Å². The summed E-state index contributed by atoms with van der Waals surface area (Å²) in [5.41, 5.74) is 5.70. The van der Waals surface area contributed by atoms with E-state index in [0.29, 0.717) is 16.3 Å². The summed E-state index contributed by atoms with van der Waals surface area (Å²) in [6.45, 7) is 0.859. The number of nitrogens with one attached hydrogen (secondary N) is 1. The molecule has 0 aliphatic heterocycles. The Hall–Kier alpha value is -3.61. The van der Waals surface area contributed by atoms with Crippen LogP contribution in [-0.4, -0.2) is 44.2 Å². The van der Waals surface area contributed by atoms with E-state index in [9.17, 15) is 5.11 Å². The molecule has 0 saturated carbocycles. The number of aliphatic imine (C=N–C) groups is 1. The van der Waals surface area contributed by atoms with E-state index >= 15 is 0 Å². The number of nitrogens with zero attached hydrogens (tertiary/aromatic N) is 4. The molecule has 2 N–H and O–H groups in total. The third-order valence-corrected chi connectivity index (χ3v) is 5.56. The van der Waals surface area contributed by atoms with E-state index in [2.05, 4.69) is 27.0 Å². The number of aromatic hydroxyl groups is 1. The normalized spacial score (nSPS) is 12.3. The number of aromatic amines is 1. The first kappa shape index (κ1) is 20.3. The number of aromatic nitrogens is 3. The van der Waals surface area contributed by atoms with Gasteiger partial charge in [0.2, 0.25) is 0 Å². The maximum Gasteiger partial charge on any atom is 0.199 e. The number of halogens is 1. The van der Waals surface area contributed by atoms with E-state index in [1.165, 1.54) is 5.56 Å². The minimum absolute atomic E-state index is 0.0495. The predicted octanol–water partition coefficient (Wildman–Crippen LogP) is 5.41. The standard InChI is InChI=1S/C25H22ClN5O/c1-30(2)15-16-3-6-19(7-4-16)28-24(17-9-11-31-12-10-27-22(31)13-17)23-20-8-5-18(26)14-21(20)29-25(23)32/h3-14,29,32H,15H2,1-2H3. The average Bonchev–Trinajstić information content (AvgIpc) is 3.35. The van der Waals surface area contributed by atoms with Gasteiger partial charge in [-0.2, -0.15) is 0 Å². The van der Waals surface area contributed by atoms with Gasteiger partial charge in [0.1, 0.15) is 5.65 Å². The molecule has 0 spiro atoms. The fourth-order valence-corrected chi connectivity index (χ4v) is 4.06. The summed E-state index contributed by atoms with van der Waals surface area (Å²) in [6, 6.07) is 17.6. The molecule has 32 heavy (non-hydrogen) atoms. The lowest BCUT2D eigenvalue weighted by molar-refractivity contribution is 0.402. The third kappa shape index (κ3) is 3.86. The summed E-state index contributed by atoms with van der Waals surface area (Å²) in [7, 11) is 4.09. The quantitative estimate of drug-likeness (QED) is 0.357. The first-order valence-electron chi connectivity index (χ1n) is 10.2. The van der Waals surface area contributed by atoms with Crippen LogP contribution >= 0.6 is 11.6 Å². The molecule has 0 aliphatic carbocycles. The van der Waals surface area contributed by atoms with Crippen LogP contribution in [0.3, 0.4) is 0 Å². The Morgan fingerprint density at radius 3 is 2.69 bits per heavy atom. The van der Waals surface area contributed by atoms with Crippen molar-refractivity contribution >= 4 is 39.6 Å². The molecule has 0 amide bonds. The summed E-state index contributed by atoms with van der Waals surface area (Å²) in [6.07, 6.45) is 5.59. The molecule has 2 aromatic carbocycles. The average molecular weight is 444 g/mol. The Balaban J connectivity index is 1.69. The molecule has 160 valence electrons. The van der Waals surface area contributed by atoms with Crippen LogP contribution in [0.15, 0.2) is 78.2 Å². The van der Waals surface area contributed by atoms with Crippen molar-refractivity contribution in [3.05, 3.63) is 94.9 Å². The lowest BCUT2D eigenvalue weighted by Crippen LogP contribution is -2.10. The molecule has 3 heterocycles. The van der Waals surface area contributed by atoms with Crippen LogP contribution in [0.2, 0.25) is 5.02 Å². The van der Waals surface area contributed by atoms with Crippen molar-refractivity contribution in [1.82, 2.24) is 19.3 Å². The smallest absolute Gasteiger partial charge is 0.199 e. The van der Waals surface area contributed by atoms with Crippen LogP contribution in [0.4, 0.5) is 5.69 Å². The third-order valence-electron chi connectivity index (χ3n) is 5.33. The van der Waals surface area contributed by atoms with Gasteiger partial charge in [0.15, 0.2) is 5.88 Å². The molecule has 0 saturated heterocycles. The van der Waals surface area contributed by atoms with Crippen LogP contribution in [-0.2, 0) is 6.54 Å². The lowest BCUT2D eigenvalue weighted by Gasteiger charge is -2.11. The predicted molar refractivity (Wildman–Crippen MR) is 129 cm³/mol. The van der Waals surface area contributed by atoms with Crippen molar-refractivity contribution in [3.8, 4) is 5.88 Å². The fraction of sp³-hybridized carbons (Fsp3) is 0.120. The van der Waals surface area contributed by atoms with Crippen molar-refractivity contribution in [2.45, 2.75) is 6.54 Å². The van der Waals surface area contributed by atoms with Crippen LogP contribution in [0.1, 0.15) is 16.7 Å². The molecule has 0 atom stereocenters. The Bertz CT molecular complexity index is 1450. The van der Waals surface area contributed by atoms with E-state index in [-0.39, 0.29) is 5.88 Å². The molecule has 5 rings (SSSR count). The first-order chi connectivity index (χ1) is 15.5. The van der Waals surface area contributed by atoms with Crippen LogP contribution in [0, 0.1) is 0 Å². The van der Waals surface area contributed by atoms with Gasteiger partial charge in [-0.15, -0.1) is 0 Å². The summed E-state index contributed by atoms with van der Waals surface area (Å²) in [5, 5.41) is 12.3. The highest BCUT2D eigenvalue weighted by molar-refractivity contribution is 6.31. The van der Waals surface area contributed by atoms with Crippen LogP contribution < -0.4 is 0 Å². The maximum absolute atomic E-state index is 10.8. The van der Waals surface area contributed by atoms with E-state index in [1.54, 1.807) is 12.3 Å². The molecule has 0 unspecified atom stereocenters. The molecule has 0 radical (unpaired) electrons. The monoisotopic (exact) mass is 443 g/mol. The van der Waals surface area contributed by atoms with Crippen LogP contribution in [0.25, 0.3) is 16.6 Å². The van der Waals surface area contributed by atoms with E-state index in [4.69, 9.17) is 16.6 Å². The fourth-order valence-electron chi connectivity index (χ4n) is 3.89. The highest BCUT2D eigenvalue weighted by Gasteiger charge is 2.19. The van der Waals surface area contributed by atoms with E-state index < -0.39 is 0 Å². The minimum atomic E-state index is 0.0495. The van der Waals surface area contributed by atoms with Gasteiger partial charge in [0.25, 0.3) is 0 Å². The van der Waals surface area contributed by atoms with Gasteiger partial charge in [0.05, 0.1) is 22.5 Å². The number of rotatable bonds is 5. The Morgan fingerprint density at radius 1 is 1.09 bits per heavy atom. The largest absolute Gasteiger partial charge is 0.494 e. The molecular formula is C25H22ClN5O. The minimum Gasteiger partial charge on any atom is -0.494 e. The Labute approximate surface area is 190 Å². The molecule has 7 heteroatoms. The number of fused-ring (bicyclic) bond motifs is 2. The zero-order valence-electron chi connectivity index (χ0n) is 17.7. The molecule has 5 aromatic rings. The lowest BCUT2D eigenvalue weighted by atomic mass is 10.0. The molecule has 0 bridgehead atoms. The molecule has 6 nitrogen and oxygen atoms in total. The zero-order valence-corrected chi connectivity index (χ0v) is 18.5. The summed E-state index contributed by atoms with van der Waals surface area (Å²) >= 11 is 6.16. The first-order valence-corrected chi connectivity index (χ1v) is 10.6. The number of imidazole rings is 1. The second kappa shape index (κ2) is 8.15. The summed E-state index contributed by atoms with van der Waals surface area (Å²) in [5.74, 6) is 0.0495. The number of hydrogen-bond donors (Lipinski definition) is 2. The van der Waals surface area contributed by atoms with Gasteiger partial charge in [-0.1, -0.05) is 29.8 Å². The van der Waals surface area contributed by atoms with Gasteiger partial charge >= 0.3 is 0 Å². The number of pyridine rings is 1. The molecular weight excluding hydrogens is 422 g/mol. The van der Waals surface area contributed by atoms with Crippen LogP contribution in [0.5, 0.6) is 5.88 Å². The molecule has 3 aromatic heterocycles. The SMILES string of the molecule is CN(C)Cc1ccc(N=C(c2ccn3ccnc3c2)c2c(O)[nH]c3cc(Cl)ccc23)cc1. The van der Waals surface area contributed by atoms with Crippen molar-refractivity contribution in [2.24, 2.45) is 4.99 Å². The maximum atomic E-state index is 10.8. The second-order valence-corrected chi connectivity index (χ2v) is 8.45. The highest BCUT2D eigenvalue weighted by Crippen LogP contribution is 2.33. The topological polar surface area (TPSA) is 68.9 Å². The van der Waals surface area contributed by atoms with Crippen molar-refractivity contribution in [3.63, 3.8) is 0 Å². The van der Waals surface area contributed by atoms with Crippen molar-refractivity contribution in [1.29, 1.82) is 0 Å². The van der Waals surface area contributed by atoms with E-state index in [1.807, 2.05) is 67.3 Å². The number of H-pyrrole nitrogens is 1. The Kier molecular flexibility index (Phi) is 5.17. The highest BCUT2D eigenvalue weighted by atomic mass is 35.5. The molecule has 0 aliphatic rings. The van der Waals surface area contributed by atoms with E-state index in [0.717, 1.165) is 34.3 Å². The Morgan fingerprint density at radius 2 is 1.91 bits per heavy atom. The van der Waals surface area contributed by atoms with Gasteiger partial charge in [0, 0.05) is 41.1 Å². The zero-order chi connectivity index (χ0) is 22.2. The van der Waals surface area contributed by atoms with Gasteiger partial charge in [-0.3, -0.25) is 0 Å². The second-order valence-electron chi connectivity index (χ2n) is 8.01. The molecule has 0 fully saturated rings. The van der Waals surface area contributed by atoms with Crippen molar-refractivity contribution in [2.75, 3.05) is 14.1 Å². The van der Waals surface area contributed by atoms with Gasteiger partial charge < -0.3 is 19.4 Å². The number of benzene rings is 2. The van der Waals surface area contributed by atoms with Gasteiger partial charge in [-0.25, -0.2) is 9.98 Å².